The average molecular weight is 486 g/mol. The molecular weight excluding hydrogens is 472 g/mol. The molecule has 0 bridgehead atoms. The van der Waals surface area contributed by atoms with Gasteiger partial charge in [-0.1, -0.05) is 0 Å². The zero-order valence-electron chi connectivity index (χ0n) is 12.8. The van der Waals surface area contributed by atoms with Crippen LogP contribution in [-0.2, 0) is 0 Å². The van der Waals surface area contributed by atoms with Crippen LogP contribution >= 0.6 is 22.6 Å². The molecule has 0 amide bonds. The summed E-state index contributed by atoms with van der Waals surface area (Å²) in [4.78, 5) is 4.93. The van der Waals surface area contributed by atoms with Gasteiger partial charge in [0.2, 0.25) is 0 Å². The summed E-state index contributed by atoms with van der Waals surface area (Å²) in [5, 5.41) is 0. The van der Waals surface area contributed by atoms with Crippen molar-refractivity contribution in [1.29, 1.82) is 0 Å². The molecule has 0 saturated carbocycles. The predicted octanol–water partition coefficient (Wildman–Crippen LogP) is 5.74. The fourth-order valence-corrected chi connectivity index (χ4v) is 6.24. The molecule has 0 spiro atoms. The van der Waals surface area contributed by atoms with E-state index in [0.717, 1.165) is 5.69 Å². The van der Waals surface area contributed by atoms with Gasteiger partial charge in [0.15, 0.2) is 0 Å². The maximum absolute atomic E-state index is 4.93. The number of hydrogen-bond acceptors (Lipinski definition) is 1. The van der Waals surface area contributed by atoms with E-state index in [4.69, 9.17) is 4.99 Å². The fraction of sp³-hybridized carbons (Fsp3) is 0. The molecule has 0 atom stereocenters. The van der Waals surface area contributed by atoms with Crippen LogP contribution in [0.3, 0.4) is 0 Å². The van der Waals surface area contributed by atoms with E-state index in [1.807, 2.05) is 18.2 Å². The minimum atomic E-state index is 0.214. The molecule has 0 aliphatic carbocycles. The SMILES string of the molecule is I/C(=C1\[Se]C(=Nc2ccccc2)c2ccccc21)c1ccccc1. The van der Waals surface area contributed by atoms with Gasteiger partial charge >= 0.3 is 163 Å². The molecule has 1 aliphatic rings. The standard InChI is InChI=1S/C21H14INSe/c22-19(15-9-3-1-4-10-15)20-17-13-7-8-14-18(17)21(24-20)23-16-11-5-2-6-12-16/h1-14H/b20-19-,23-21?. The molecule has 0 saturated heterocycles. The Morgan fingerprint density at radius 3 is 2.00 bits per heavy atom. The molecule has 1 nitrogen and oxygen atoms in total. The molecule has 3 aromatic rings. The monoisotopic (exact) mass is 487 g/mol. The van der Waals surface area contributed by atoms with Crippen molar-refractivity contribution in [2.45, 2.75) is 0 Å². The number of aliphatic imine (C=N–C) groups is 1. The molecule has 0 aromatic heterocycles. The summed E-state index contributed by atoms with van der Waals surface area (Å²) in [7, 11) is 0. The number of rotatable bonds is 2. The molecule has 3 heteroatoms. The van der Waals surface area contributed by atoms with Gasteiger partial charge in [-0.2, -0.15) is 0 Å². The Morgan fingerprint density at radius 2 is 1.29 bits per heavy atom. The Morgan fingerprint density at radius 1 is 0.708 bits per heavy atom. The molecular formula is C21H14INSe. The van der Waals surface area contributed by atoms with Gasteiger partial charge < -0.3 is 0 Å². The van der Waals surface area contributed by atoms with Gasteiger partial charge in [-0.3, -0.25) is 0 Å². The van der Waals surface area contributed by atoms with E-state index in [-0.39, 0.29) is 15.0 Å². The third kappa shape index (κ3) is 3.12. The van der Waals surface area contributed by atoms with E-state index in [1.165, 1.54) is 29.4 Å². The Kier molecular flexibility index (Phi) is 4.65. The Labute approximate surface area is 161 Å². The second-order valence-corrected chi connectivity index (χ2v) is 8.58. The van der Waals surface area contributed by atoms with Gasteiger partial charge in [0.25, 0.3) is 0 Å². The van der Waals surface area contributed by atoms with E-state index in [9.17, 15) is 0 Å². The van der Waals surface area contributed by atoms with Crippen LogP contribution in [-0.4, -0.2) is 19.6 Å². The number of benzene rings is 3. The van der Waals surface area contributed by atoms with E-state index in [0.29, 0.717) is 0 Å². The van der Waals surface area contributed by atoms with Crippen LogP contribution in [0.5, 0.6) is 0 Å². The molecule has 0 fully saturated rings. The minimum absolute atomic E-state index is 0.214. The summed E-state index contributed by atoms with van der Waals surface area (Å²) in [5.41, 5.74) is 4.92. The molecule has 4 rings (SSSR count). The van der Waals surface area contributed by atoms with Crippen molar-refractivity contribution < 1.29 is 0 Å². The number of hydrogen-bond donors (Lipinski definition) is 0. The number of fused-ring (bicyclic) bond motifs is 1. The second kappa shape index (κ2) is 7.06. The van der Waals surface area contributed by atoms with E-state index < -0.39 is 0 Å². The zero-order chi connectivity index (χ0) is 16.4. The topological polar surface area (TPSA) is 12.4 Å². The first-order valence-electron chi connectivity index (χ1n) is 7.69. The number of nitrogens with zero attached hydrogens (tertiary/aromatic N) is 1. The molecule has 1 heterocycles. The van der Waals surface area contributed by atoms with Crippen LogP contribution < -0.4 is 0 Å². The van der Waals surface area contributed by atoms with Crippen LogP contribution in [0.25, 0.3) is 8.05 Å². The van der Waals surface area contributed by atoms with Gasteiger partial charge in [0.05, 0.1) is 0 Å². The molecule has 0 N–H and O–H groups in total. The molecule has 1 aliphatic heterocycles. The van der Waals surface area contributed by atoms with Gasteiger partial charge in [-0.15, -0.1) is 0 Å². The van der Waals surface area contributed by atoms with Crippen LogP contribution in [0.2, 0.25) is 0 Å². The van der Waals surface area contributed by atoms with Crippen molar-refractivity contribution in [2.24, 2.45) is 4.99 Å². The fourth-order valence-electron chi connectivity index (χ4n) is 2.66. The van der Waals surface area contributed by atoms with E-state index in [1.54, 1.807) is 0 Å². The van der Waals surface area contributed by atoms with Crippen molar-refractivity contribution in [1.82, 2.24) is 0 Å². The van der Waals surface area contributed by atoms with Crippen molar-refractivity contribution in [3.05, 3.63) is 102 Å². The normalized spacial score (nSPS) is 17.0. The third-order valence-corrected chi connectivity index (χ3v) is 8.18. The van der Waals surface area contributed by atoms with Crippen LogP contribution in [0.4, 0.5) is 5.69 Å². The molecule has 24 heavy (non-hydrogen) atoms. The van der Waals surface area contributed by atoms with Crippen LogP contribution in [0, 0.1) is 0 Å². The summed E-state index contributed by atoms with van der Waals surface area (Å²) in [6, 6.07) is 29.5. The second-order valence-electron chi connectivity index (χ2n) is 5.41. The van der Waals surface area contributed by atoms with Crippen LogP contribution in [0.1, 0.15) is 16.7 Å². The maximum atomic E-state index is 4.93. The van der Waals surface area contributed by atoms with Gasteiger partial charge in [0, 0.05) is 0 Å². The summed E-state index contributed by atoms with van der Waals surface area (Å²) in [5.74, 6) is 0. The molecule has 0 radical (unpaired) electrons. The molecule has 3 aromatic carbocycles. The first-order chi connectivity index (χ1) is 11.8. The third-order valence-electron chi connectivity index (χ3n) is 3.81. The van der Waals surface area contributed by atoms with Gasteiger partial charge in [0.1, 0.15) is 0 Å². The van der Waals surface area contributed by atoms with Gasteiger partial charge in [-0.25, -0.2) is 0 Å². The number of para-hydroxylation sites is 1. The quantitative estimate of drug-likeness (QED) is 0.324. The molecule has 0 unspecified atom stereocenters. The van der Waals surface area contributed by atoms with E-state index >= 15 is 0 Å². The Balaban J connectivity index is 1.84. The molecule has 116 valence electrons. The first kappa shape index (κ1) is 15.8. The van der Waals surface area contributed by atoms with E-state index in [2.05, 4.69) is 89.3 Å². The Bertz CT molecular complexity index is 930. The first-order valence-corrected chi connectivity index (χ1v) is 10.5. The summed E-state index contributed by atoms with van der Waals surface area (Å²) in [6.45, 7) is 0. The van der Waals surface area contributed by atoms with Crippen LogP contribution in [0.15, 0.2) is 89.9 Å². The van der Waals surface area contributed by atoms with Gasteiger partial charge in [-0.05, 0) is 0 Å². The van der Waals surface area contributed by atoms with Crippen molar-refractivity contribution in [2.75, 3.05) is 0 Å². The average Bonchev–Trinajstić information content (AvgIpc) is 3.01. The zero-order valence-corrected chi connectivity index (χ0v) is 16.7. The summed E-state index contributed by atoms with van der Waals surface area (Å²) < 4.78 is 3.97. The summed E-state index contributed by atoms with van der Waals surface area (Å²) in [6.07, 6.45) is 0. The Hall–Kier alpha value is -1.68. The number of halogens is 1. The van der Waals surface area contributed by atoms with Crippen molar-refractivity contribution >= 4 is 55.9 Å². The summed E-state index contributed by atoms with van der Waals surface area (Å²) >= 11 is 2.70. The predicted molar refractivity (Wildman–Crippen MR) is 112 cm³/mol. The van der Waals surface area contributed by atoms with Crippen molar-refractivity contribution in [3.8, 4) is 0 Å². The van der Waals surface area contributed by atoms with Crippen molar-refractivity contribution in [3.63, 3.8) is 0 Å².